The molecule has 1 N–H and O–H groups in total. The second kappa shape index (κ2) is 5.34. The first kappa shape index (κ1) is 16.9. The van der Waals surface area contributed by atoms with Gasteiger partial charge in [0.25, 0.3) is 11.6 Å². The summed E-state index contributed by atoms with van der Waals surface area (Å²) in [7, 11) is 0. The molecule has 0 bridgehead atoms. The van der Waals surface area contributed by atoms with Crippen LogP contribution in [0.1, 0.15) is 30.8 Å². The highest BCUT2D eigenvalue weighted by Gasteiger charge is 2.62. The van der Waals surface area contributed by atoms with Crippen molar-refractivity contribution >= 4 is 28.1 Å². The average molecular weight is 383 g/mol. The molecule has 6 nitrogen and oxygen atoms in total. The summed E-state index contributed by atoms with van der Waals surface area (Å²) in [4.78, 5) is 12.4. The van der Waals surface area contributed by atoms with Crippen molar-refractivity contribution in [2.45, 2.75) is 45.1 Å². The number of hydrogen-bond acceptors (Lipinski definition) is 4. The highest BCUT2D eigenvalue weighted by Crippen LogP contribution is 2.39. The summed E-state index contributed by atoms with van der Waals surface area (Å²) in [6, 6.07) is -1.05. The molecule has 0 fully saturated rings. The van der Waals surface area contributed by atoms with Crippen LogP contribution in [0, 0.1) is 13.8 Å². The van der Waals surface area contributed by atoms with Crippen LogP contribution in [0.2, 0.25) is 0 Å². The molecule has 0 radical (unpaired) electrons. The van der Waals surface area contributed by atoms with Gasteiger partial charge in [-0.1, -0.05) is 0 Å². The molecule has 122 valence electrons. The Bertz CT molecular complexity index is 643. The van der Waals surface area contributed by atoms with Gasteiger partial charge in [-0.15, -0.1) is 0 Å². The molecule has 10 heteroatoms. The predicted octanol–water partition coefficient (Wildman–Crippen LogP) is 2.29. The van der Waals surface area contributed by atoms with E-state index in [4.69, 9.17) is 0 Å². The standard InChI is InChI=1S/C12H14BrF3N4O2/c1-6-9(13)7(2)19(18-6)8(3)10(21)20-11(22,4-5-17-20)12(14,15)16/h5,8,22H,4H2,1-3H3/t8-,11-/m1/s1. The number of carbonyl (C=O) groups is 1. The summed E-state index contributed by atoms with van der Waals surface area (Å²) < 4.78 is 41.0. The quantitative estimate of drug-likeness (QED) is 0.852. The van der Waals surface area contributed by atoms with Gasteiger partial charge < -0.3 is 5.11 Å². The van der Waals surface area contributed by atoms with Gasteiger partial charge in [-0.3, -0.25) is 9.48 Å². The van der Waals surface area contributed by atoms with Crippen LogP contribution in [0.5, 0.6) is 0 Å². The normalized spacial score (nSPS) is 23.2. The summed E-state index contributed by atoms with van der Waals surface area (Å²) in [5, 5.41) is 17.4. The van der Waals surface area contributed by atoms with Crippen molar-refractivity contribution in [3.63, 3.8) is 0 Å². The smallest absolute Gasteiger partial charge is 0.362 e. The van der Waals surface area contributed by atoms with Crippen LogP contribution in [0.25, 0.3) is 0 Å². The van der Waals surface area contributed by atoms with E-state index in [0.29, 0.717) is 15.9 Å². The molecule has 0 spiro atoms. The summed E-state index contributed by atoms with van der Waals surface area (Å²) in [5.41, 5.74) is -2.11. The van der Waals surface area contributed by atoms with E-state index in [0.717, 1.165) is 6.21 Å². The van der Waals surface area contributed by atoms with Crippen molar-refractivity contribution in [2.75, 3.05) is 0 Å². The molecule has 2 atom stereocenters. The van der Waals surface area contributed by atoms with Crippen molar-refractivity contribution in [2.24, 2.45) is 5.10 Å². The van der Waals surface area contributed by atoms with Crippen LogP contribution in [-0.4, -0.2) is 43.9 Å². The van der Waals surface area contributed by atoms with E-state index in [1.165, 1.54) is 11.6 Å². The lowest BCUT2D eigenvalue weighted by Gasteiger charge is -2.34. The number of aliphatic hydroxyl groups is 1. The van der Waals surface area contributed by atoms with Gasteiger partial charge in [0.2, 0.25) is 0 Å². The van der Waals surface area contributed by atoms with Gasteiger partial charge in [0.1, 0.15) is 6.04 Å². The minimum atomic E-state index is -5.01. The Morgan fingerprint density at radius 3 is 2.55 bits per heavy atom. The molecule has 1 aliphatic rings. The van der Waals surface area contributed by atoms with E-state index in [9.17, 15) is 23.1 Å². The van der Waals surface area contributed by atoms with E-state index >= 15 is 0 Å². The Hall–Kier alpha value is -1.42. The van der Waals surface area contributed by atoms with Crippen LogP contribution in [0.15, 0.2) is 9.57 Å². The van der Waals surface area contributed by atoms with E-state index in [1.807, 2.05) is 0 Å². The lowest BCUT2D eigenvalue weighted by molar-refractivity contribution is -0.302. The average Bonchev–Trinajstić information content (AvgIpc) is 2.94. The Morgan fingerprint density at radius 2 is 2.09 bits per heavy atom. The van der Waals surface area contributed by atoms with E-state index in [-0.39, 0.29) is 5.01 Å². The third-order valence-electron chi connectivity index (χ3n) is 3.55. The van der Waals surface area contributed by atoms with Gasteiger partial charge in [-0.2, -0.15) is 28.4 Å². The van der Waals surface area contributed by atoms with Gasteiger partial charge in [-0.25, -0.2) is 0 Å². The molecule has 1 aliphatic heterocycles. The lowest BCUT2D eigenvalue weighted by atomic mass is 10.1. The van der Waals surface area contributed by atoms with E-state index < -0.39 is 30.3 Å². The topological polar surface area (TPSA) is 70.7 Å². The molecule has 2 heterocycles. The number of aromatic nitrogens is 2. The second-order valence-corrected chi connectivity index (χ2v) is 5.86. The number of halogens is 4. The fraction of sp³-hybridized carbons (Fsp3) is 0.583. The fourth-order valence-corrected chi connectivity index (χ4v) is 2.47. The number of hydrazone groups is 1. The van der Waals surface area contributed by atoms with Crippen LogP contribution >= 0.6 is 15.9 Å². The Kier molecular flexibility index (Phi) is 4.11. The molecular weight excluding hydrogens is 369 g/mol. The fourth-order valence-electron chi connectivity index (χ4n) is 2.21. The zero-order chi connectivity index (χ0) is 16.9. The Morgan fingerprint density at radius 1 is 1.50 bits per heavy atom. The van der Waals surface area contributed by atoms with E-state index in [1.54, 1.807) is 13.8 Å². The third kappa shape index (κ3) is 2.43. The number of hydrogen-bond donors (Lipinski definition) is 1. The Balaban J connectivity index is 2.35. The monoisotopic (exact) mass is 382 g/mol. The maximum Gasteiger partial charge on any atom is 0.438 e. The molecule has 1 aromatic rings. The highest BCUT2D eigenvalue weighted by atomic mass is 79.9. The molecule has 1 amide bonds. The highest BCUT2D eigenvalue weighted by molar-refractivity contribution is 9.10. The number of rotatable bonds is 2. The molecule has 0 saturated heterocycles. The summed E-state index contributed by atoms with van der Waals surface area (Å²) in [6.45, 7) is 4.78. The third-order valence-corrected chi connectivity index (χ3v) is 4.69. The maximum absolute atomic E-state index is 13.0. The first-order valence-corrected chi connectivity index (χ1v) is 7.17. The summed E-state index contributed by atoms with van der Waals surface area (Å²) in [6.07, 6.45) is -4.93. The van der Waals surface area contributed by atoms with Crippen LogP contribution in [-0.2, 0) is 4.79 Å². The van der Waals surface area contributed by atoms with Crippen molar-refractivity contribution in [3.8, 4) is 0 Å². The molecular formula is C12H14BrF3N4O2. The minimum Gasteiger partial charge on any atom is -0.362 e. The van der Waals surface area contributed by atoms with Crippen LogP contribution < -0.4 is 0 Å². The summed E-state index contributed by atoms with van der Waals surface area (Å²) >= 11 is 3.29. The zero-order valence-electron chi connectivity index (χ0n) is 12.0. The second-order valence-electron chi connectivity index (χ2n) is 5.07. The molecule has 2 rings (SSSR count). The minimum absolute atomic E-state index is 0.0853. The van der Waals surface area contributed by atoms with Crippen LogP contribution in [0.3, 0.4) is 0 Å². The molecule has 0 aliphatic carbocycles. The molecule has 0 aromatic carbocycles. The SMILES string of the molecule is Cc1nn([C@H](C)C(=O)N2N=CC[C@@]2(O)C(F)(F)F)c(C)c1Br. The first-order valence-electron chi connectivity index (χ1n) is 6.37. The molecule has 0 saturated carbocycles. The van der Waals surface area contributed by atoms with Gasteiger partial charge in [-0.05, 0) is 36.7 Å². The predicted molar refractivity (Wildman–Crippen MR) is 75.1 cm³/mol. The van der Waals surface area contributed by atoms with Gasteiger partial charge in [0.05, 0.1) is 15.9 Å². The largest absolute Gasteiger partial charge is 0.438 e. The van der Waals surface area contributed by atoms with Gasteiger partial charge in [0, 0.05) is 12.6 Å². The summed E-state index contributed by atoms with van der Waals surface area (Å²) in [5.74, 6) is -0.994. The lowest BCUT2D eigenvalue weighted by Crippen LogP contribution is -2.57. The first-order chi connectivity index (χ1) is 10.0. The van der Waals surface area contributed by atoms with Crippen molar-refractivity contribution in [1.29, 1.82) is 0 Å². The van der Waals surface area contributed by atoms with Gasteiger partial charge >= 0.3 is 6.18 Å². The zero-order valence-corrected chi connectivity index (χ0v) is 13.6. The van der Waals surface area contributed by atoms with Crippen molar-refractivity contribution in [3.05, 3.63) is 15.9 Å². The maximum atomic E-state index is 13.0. The number of aryl methyl sites for hydroxylation is 1. The number of carbonyl (C=O) groups excluding carboxylic acids is 1. The van der Waals surface area contributed by atoms with Gasteiger partial charge in [0.15, 0.2) is 0 Å². The van der Waals surface area contributed by atoms with Crippen LogP contribution in [0.4, 0.5) is 13.2 Å². The Labute approximate surface area is 132 Å². The number of amides is 1. The van der Waals surface area contributed by atoms with E-state index in [2.05, 4.69) is 26.1 Å². The number of alkyl halides is 3. The molecule has 22 heavy (non-hydrogen) atoms. The number of nitrogens with zero attached hydrogens (tertiary/aromatic N) is 4. The molecule has 1 aromatic heterocycles. The molecule has 0 unspecified atom stereocenters. The van der Waals surface area contributed by atoms with Crippen molar-refractivity contribution < 1.29 is 23.1 Å². The van der Waals surface area contributed by atoms with Crippen molar-refractivity contribution in [1.82, 2.24) is 14.8 Å².